The number of fused-ring (bicyclic) bond motifs is 1. The number of benzene rings is 1. The Morgan fingerprint density at radius 3 is 2.39 bits per heavy atom. The monoisotopic (exact) mass is 475 g/mol. The van der Waals surface area contributed by atoms with Crippen molar-refractivity contribution in [3.8, 4) is 11.1 Å². The summed E-state index contributed by atoms with van der Waals surface area (Å²) in [7, 11) is -0.140. The van der Waals surface area contributed by atoms with Crippen LogP contribution < -0.4 is 10.5 Å². The van der Waals surface area contributed by atoms with Crippen molar-refractivity contribution in [1.29, 1.82) is 0 Å². The molecule has 1 atom stereocenters. The number of nitrogens with zero attached hydrogens (tertiary/aromatic N) is 3. The number of ketones is 1. The van der Waals surface area contributed by atoms with E-state index >= 15 is 0 Å². The van der Waals surface area contributed by atoms with Crippen LogP contribution in [-0.4, -0.2) is 60.6 Å². The lowest BCUT2D eigenvalue weighted by Gasteiger charge is -2.25. The Bertz CT molecular complexity index is 1370. The average Bonchev–Trinajstić information content (AvgIpc) is 2.78. The molecule has 0 amide bonds. The van der Waals surface area contributed by atoms with E-state index in [4.69, 9.17) is 0 Å². The van der Waals surface area contributed by atoms with Gasteiger partial charge in [-0.15, -0.1) is 0 Å². The normalized spacial score (nSPS) is 13.6. The van der Waals surface area contributed by atoms with E-state index in [2.05, 4.69) is 4.98 Å². The largest absolute Gasteiger partial charge is 0.389 e. The first-order valence-electron chi connectivity index (χ1n) is 10.2. The summed E-state index contributed by atoms with van der Waals surface area (Å²) in [6, 6.07) is 8.46. The number of Topliss-reactive ketones (excluding diaryl/α,β-unsaturated/α-hetero) is 1. The van der Waals surface area contributed by atoms with Crippen molar-refractivity contribution in [2.24, 2.45) is 0 Å². The number of pyridine rings is 2. The third-order valence-electron chi connectivity index (χ3n) is 5.96. The molecule has 3 aromatic rings. The fourth-order valence-corrected chi connectivity index (χ4v) is 4.49. The van der Waals surface area contributed by atoms with E-state index in [0.29, 0.717) is 5.56 Å². The van der Waals surface area contributed by atoms with Crippen LogP contribution in [-0.2, 0) is 21.2 Å². The fraction of sp³-hybridized carbons (Fsp3) is 0.348. The first-order valence-corrected chi connectivity index (χ1v) is 12.1. The topological polar surface area (TPSA) is 110 Å². The number of rotatable bonds is 8. The average molecular weight is 476 g/mol. The van der Waals surface area contributed by atoms with Crippen LogP contribution in [0.3, 0.4) is 0 Å². The van der Waals surface area contributed by atoms with Crippen LogP contribution >= 0.6 is 0 Å². The highest BCUT2D eigenvalue weighted by Gasteiger charge is 2.42. The molecule has 0 aliphatic carbocycles. The number of anilines is 1. The van der Waals surface area contributed by atoms with E-state index in [9.17, 15) is 27.5 Å². The molecule has 176 valence electrons. The smallest absolute Gasteiger partial charge is 0.258 e. The van der Waals surface area contributed by atoms with Gasteiger partial charge in [0.05, 0.1) is 5.39 Å². The van der Waals surface area contributed by atoms with Gasteiger partial charge in [-0.3, -0.25) is 9.59 Å². The lowest BCUT2D eigenvalue weighted by Crippen LogP contribution is -2.46. The van der Waals surface area contributed by atoms with Gasteiger partial charge in [-0.1, -0.05) is 6.07 Å². The second-order valence-electron chi connectivity index (χ2n) is 8.37. The van der Waals surface area contributed by atoms with E-state index < -0.39 is 38.4 Å². The van der Waals surface area contributed by atoms with Crippen molar-refractivity contribution < 1.29 is 22.7 Å². The van der Waals surface area contributed by atoms with Crippen molar-refractivity contribution in [2.75, 3.05) is 31.9 Å². The van der Waals surface area contributed by atoms with Gasteiger partial charge in [0.2, 0.25) is 0 Å². The number of aliphatic hydroxyl groups is 1. The van der Waals surface area contributed by atoms with Gasteiger partial charge in [0.25, 0.3) is 5.56 Å². The highest BCUT2D eigenvalue weighted by molar-refractivity contribution is 7.92. The Morgan fingerprint density at radius 1 is 1.18 bits per heavy atom. The van der Waals surface area contributed by atoms with Crippen molar-refractivity contribution in [2.45, 2.75) is 24.6 Å². The molecule has 0 radical (unpaired) electrons. The fourth-order valence-electron chi connectivity index (χ4n) is 3.55. The van der Waals surface area contributed by atoms with E-state index in [0.717, 1.165) is 28.4 Å². The van der Waals surface area contributed by atoms with Crippen molar-refractivity contribution in [3.05, 3.63) is 58.9 Å². The van der Waals surface area contributed by atoms with Gasteiger partial charge in [0, 0.05) is 50.2 Å². The number of halogens is 1. The first kappa shape index (κ1) is 24.5. The Morgan fingerprint density at radius 2 is 1.85 bits per heavy atom. The molecule has 33 heavy (non-hydrogen) atoms. The molecule has 0 aliphatic heterocycles. The van der Waals surface area contributed by atoms with Crippen LogP contribution in [0.2, 0.25) is 0 Å². The molecular formula is C23H26FN3O5S. The second kappa shape index (κ2) is 9.03. The van der Waals surface area contributed by atoms with Crippen LogP contribution in [0, 0.1) is 5.82 Å². The summed E-state index contributed by atoms with van der Waals surface area (Å²) in [5, 5.41) is 9.44. The number of carbonyl (C=O) groups is 1. The molecule has 1 N–H and O–H groups in total. The summed E-state index contributed by atoms with van der Waals surface area (Å²) >= 11 is 0. The molecule has 0 spiro atoms. The summed E-state index contributed by atoms with van der Waals surface area (Å²) in [6.45, 7) is 0.0432. The maximum Gasteiger partial charge on any atom is 0.258 e. The van der Waals surface area contributed by atoms with Crippen molar-refractivity contribution >= 4 is 32.2 Å². The number of carbonyl (C=O) groups excluding carboxylic acids is 1. The zero-order chi connectivity index (χ0) is 24.6. The summed E-state index contributed by atoms with van der Waals surface area (Å²) in [5.74, 6) is -0.758. The van der Waals surface area contributed by atoms with Gasteiger partial charge in [-0.2, -0.15) is 0 Å². The van der Waals surface area contributed by atoms with Crippen LogP contribution in [0.4, 0.5) is 10.2 Å². The molecule has 0 saturated heterocycles. The number of aromatic nitrogens is 2. The minimum atomic E-state index is -3.88. The van der Waals surface area contributed by atoms with Crippen LogP contribution in [0.25, 0.3) is 21.9 Å². The molecule has 0 bridgehead atoms. The second-order valence-corrected chi connectivity index (χ2v) is 10.8. The number of sulfone groups is 1. The van der Waals surface area contributed by atoms with Crippen LogP contribution in [0.5, 0.6) is 0 Å². The molecule has 0 fully saturated rings. The van der Waals surface area contributed by atoms with Gasteiger partial charge < -0.3 is 14.6 Å². The molecule has 10 heteroatoms. The Hall–Kier alpha value is -3.11. The Kier molecular flexibility index (Phi) is 6.71. The summed E-state index contributed by atoms with van der Waals surface area (Å²) in [4.78, 5) is 31.3. The minimum absolute atomic E-state index is 0.128. The summed E-state index contributed by atoms with van der Waals surface area (Å²) in [5.41, 5.74) is 0.943. The summed E-state index contributed by atoms with van der Waals surface area (Å²) in [6.07, 6.45) is 3.29. The highest BCUT2D eigenvalue weighted by atomic mass is 32.2. The maximum absolute atomic E-state index is 15.0. The van der Waals surface area contributed by atoms with E-state index in [1.54, 1.807) is 18.3 Å². The third-order valence-corrected chi connectivity index (χ3v) is 8.03. The number of aliphatic hydroxyl groups excluding tert-OH is 1. The van der Waals surface area contributed by atoms with Gasteiger partial charge in [-0.25, -0.2) is 17.8 Å². The minimum Gasteiger partial charge on any atom is -0.389 e. The predicted molar refractivity (Wildman–Crippen MR) is 126 cm³/mol. The van der Waals surface area contributed by atoms with E-state index in [-0.39, 0.29) is 23.7 Å². The Labute approximate surface area is 191 Å². The zero-order valence-electron chi connectivity index (χ0n) is 18.9. The summed E-state index contributed by atoms with van der Waals surface area (Å²) < 4.78 is 38.5. The zero-order valence-corrected chi connectivity index (χ0v) is 19.7. The Balaban J connectivity index is 1.98. The molecule has 3 rings (SSSR count). The number of hydrogen-bond acceptors (Lipinski definition) is 7. The molecule has 2 aromatic heterocycles. The SMILES string of the molecule is CN(C)c1ccc(-c2ccc3c(=O)n(CC[C@](C)(C(=O)CO)S(C)(=O)=O)cc(F)c3c2)cn1. The molecule has 2 heterocycles. The predicted octanol–water partition coefficient (Wildman–Crippen LogP) is 2.02. The van der Waals surface area contributed by atoms with Crippen molar-refractivity contribution in [1.82, 2.24) is 9.55 Å². The van der Waals surface area contributed by atoms with E-state index in [1.165, 1.54) is 13.0 Å². The van der Waals surface area contributed by atoms with Gasteiger partial charge in [-0.05, 0) is 43.2 Å². The molecular weight excluding hydrogens is 449 g/mol. The van der Waals surface area contributed by atoms with Crippen LogP contribution in [0.1, 0.15) is 13.3 Å². The van der Waals surface area contributed by atoms with Gasteiger partial charge in [0.1, 0.15) is 23.0 Å². The van der Waals surface area contributed by atoms with Gasteiger partial charge >= 0.3 is 0 Å². The third kappa shape index (κ3) is 4.67. The lowest BCUT2D eigenvalue weighted by atomic mass is 10.0. The van der Waals surface area contributed by atoms with E-state index in [1.807, 2.05) is 31.1 Å². The lowest BCUT2D eigenvalue weighted by molar-refractivity contribution is -0.124. The van der Waals surface area contributed by atoms with Crippen LogP contribution in [0.15, 0.2) is 47.5 Å². The highest BCUT2D eigenvalue weighted by Crippen LogP contribution is 2.26. The molecule has 0 unspecified atom stereocenters. The first-order chi connectivity index (χ1) is 15.4. The van der Waals surface area contributed by atoms with Crippen molar-refractivity contribution in [3.63, 3.8) is 0 Å². The number of hydrogen-bond donors (Lipinski definition) is 1. The number of aryl methyl sites for hydroxylation is 1. The standard InChI is InChI=1S/C23H26FN3O5S/c1-23(20(29)14-28,33(4,31)32)9-10-27-13-19(24)18-11-15(5-7-17(18)22(27)30)16-6-8-21(25-12-16)26(2)3/h5-8,11-13,28H,9-10,14H2,1-4H3/t23-/m1/s1. The molecule has 8 nitrogen and oxygen atoms in total. The molecule has 0 saturated carbocycles. The maximum atomic E-state index is 15.0. The quantitative estimate of drug-likeness (QED) is 0.531. The molecule has 0 aliphatic rings. The van der Waals surface area contributed by atoms with Gasteiger partial charge in [0.15, 0.2) is 15.6 Å². The molecule has 1 aromatic carbocycles.